The molecule has 2 aliphatic rings. The molecule has 3 aromatic heterocycles. The Labute approximate surface area is 195 Å². The SMILES string of the molecule is CCc1nccn1-c1cccc(C2CCCN2C(=O)C2CCN(Cc3ccccn3)CC2)n1. The molecule has 172 valence electrons. The number of likely N-dealkylation sites (tertiary alicyclic amines) is 2. The van der Waals surface area contributed by atoms with Crippen molar-refractivity contribution >= 4 is 5.91 Å². The lowest BCUT2D eigenvalue weighted by atomic mass is 9.94. The van der Waals surface area contributed by atoms with Crippen LogP contribution in [0.5, 0.6) is 0 Å². The molecule has 3 aromatic rings. The van der Waals surface area contributed by atoms with Gasteiger partial charge in [-0.15, -0.1) is 0 Å². The number of hydrogen-bond donors (Lipinski definition) is 0. The second-order valence-corrected chi connectivity index (χ2v) is 9.05. The molecule has 5 heterocycles. The van der Waals surface area contributed by atoms with Crippen LogP contribution in [0.4, 0.5) is 0 Å². The van der Waals surface area contributed by atoms with E-state index in [0.29, 0.717) is 5.91 Å². The zero-order valence-corrected chi connectivity index (χ0v) is 19.3. The lowest BCUT2D eigenvalue weighted by Crippen LogP contribution is -2.42. The second kappa shape index (κ2) is 9.83. The lowest BCUT2D eigenvalue weighted by molar-refractivity contribution is -0.138. The van der Waals surface area contributed by atoms with Crippen molar-refractivity contribution in [3.05, 3.63) is 72.2 Å². The minimum atomic E-state index is 0.0672. The maximum atomic E-state index is 13.5. The Morgan fingerprint density at radius 2 is 1.88 bits per heavy atom. The fraction of sp³-hybridized carbons (Fsp3) is 0.462. The third-order valence-electron chi connectivity index (χ3n) is 6.96. The first-order chi connectivity index (χ1) is 16.2. The van der Waals surface area contributed by atoms with Crippen molar-refractivity contribution in [2.24, 2.45) is 5.92 Å². The molecule has 0 bridgehead atoms. The highest BCUT2D eigenvalue weighted by molar-refractivity contribution is 5.79. The van der Waals surface area contributed by atoms with Gasteiger partial charge in [0.25, 0.3) is 0 Å². The number of carbonyl (C=O) groups is 1. The Bertz CT molecular complexity index is 1070. The van der Waals surface area contributed by atoms with Crippen LogP contribution in [0.15, 0.2) is 55.0 Å². The molecule has 2 fully saturated rings. The monoisotopic (exact) mass is 444 g/mol. The Kier molecular flexibility index (Phi) is 6.48. The third-order valence-corrected chi connectivity index (χ3v) is 6.96. The first-order valence-corrected chi connectivity index (χ1v) is 12.1. The Hall–Kier alpha value is -3.06. The van der Waals surface area contributed by atoms with Crippen molar-refractivity contribution < 1.29 is 4.79 Å². The van der Waals surface area contributed by atoms with Gasteiger partial charge in [0.1, 0.15) is 11.6 Å². The van der Waals surface area contributed by atoms with Crippen LogP contribution in [-0.4, -0.2) is 54.9 Å². The van der Waals surface area contributed by atoms with Gasteiger partial charge < -0.3 is 4.90 Å². The number of imidazole rings is 1. The molecule has 2 saturated heterocycles. The molecular formula is C26H32N6O. The Morgan fingerprint density at radius 1 is 1.00 bits per heavy atom. The summed E-state index contributed by atoms with van der Waals surface area (Å²) in [6.07, 6.45) is 10.3. The molecule has 0 spiro atoms. The van der Waals surface area contributed by atoms with Gasteiger partial charge in [-0.05, 0) is 63.0 Å². The van der Waals surface area contributed by atoms with Crippen LogP contribution >= 0.6 is 0 Å². The minimum Gasteiger partial charge on any atom is -0.334 e. The minimum absolute atomic E-state index is 0.0672. The topological polar surface area (TPSA) is 67.2 Å². The van der Waals surface area contributed by atoms with Crippen LogP contribution in [0, 0.1) is 5.92 Å². The predicted molar refractivity (Wildman–Crippen MR) is 127 cm³/mol. The second-order valence-electron chi connectivity index (χ2n) is 9.05. The molecule has 0 saturated carbocycles. The third kappa shape index (κ3) is 4.69. The van der Waals surface area contributed by atoms with E-state index in [-0.39, 0.29) is 12.0 Å². The van der Waals surface area contributed by atoms with Crippen molar-refractivity contribution in [3.63, 3.8) is 0 Å². The molecule has 2 aliphatic heterocycles. The van der Waals surface area contributed by atoms with E-state index in [1.54, 1.807) is 0 Å². The van der Waals surface area contributed by atoms with Gasteiger partial charge in [0.15, 0.2) is 0 Å². The van der Waals surface area contributed by atoms with E-state index in [4.69, 9.17) is 4.98 Å². The summed E-state index contributed by atoms with van der Waals surface area (Å²) in [7, 11) is 0. The van der Waals surface area contributed by atoms with E-state index in [2.05, 4.69) is 38.8 Å². The van der Waals surface area contributed by atoms with Gasteiger partial charge in [0.05, 0.1) is 17.4 Å². The molecule has 7 heteroatoms. The molecule has 5 rings (SSSR count). The summed E-state index contributed by atoms with van der Waals surface area (Å²) in [5.41, 5.74) is 2.08. The van der Waals surface area contributed by atoms with E-state index in [1.807, 2.05) is 47.4 Å². The Balaban J connectivity index is 1.25. The molecule has 7 nitrogen and oxygen atoms in total. The largest absolute Gasteiger partial charge is 0.334 e. The van der Waals surface area contributed by atoms with Gasteiger partial charge in [-0.25, -0.2) is 9.97 Å². The zero-order valence-electron chi connectivity index (χ0n) is 19.3. The number of aryl methyl sites for hydroxylation is 1. The average molecular weight is 445 g/mol. The van der Waals surface area contributed by atoms with Crippen LogP contribution in [0.25, 0.3) is 5.82 Å². The molecule has 1 unspecified atom stereocenters. The normalized spacial score (nSPS) is 19.8. The van der Waals surface area contributed by atoms with Crippen LogP contribution in [0.3, 0.4) is 0 Å². The number of nitrogens with zero attached hydrogens (tertiary/aromatic N) is 6. The lowest BCUT2D eigenvalue weighted by Gasteiger charge is -2.34. The molecule has 33 heavy (non-hydrogen) atoms. The molecular weight excluding hydrogens is 412 g/mol. The molecule has 0 N–H and O–H groups in total. The van der Waals surface area contributed by atoms with E-state index >= 15 is 0 Å². The highest BCUT2D eigenvalue weighted by Crippen LogP contribution is 2.34. The first-order valence-electron chi connectivity index (χ1n) is 12.1. The first kappa shape index (κ1) is 21.8. The maximum absolute atomic E-state index is 13.5. The van der Waals surface area contributed by atoms with Crippen molar-refractivity contribution in [2.45, 2.75) is 51.6 Å². The maximum Gasteiger partial charge on any atom is 0.226 e. The van der Waals surface area contributed by atoms with Crippen molar-refractivity contribution in [3.8, 4) is 5.82 Å². The number of pyridine rings is 2. The van der Waals surface area contributed by atoms with Crippen molar-refractivity contribution in [1.29, 1.82) is 0 Å². The number of piperidine rings is 1. The Morgan fingerprint density at radius 3 is 2.67 bits per heavy atom. The number of amides is 1. The van der Waals surface area contributed by atoms with Gasteiger partial charge in [-0.1, -0.05) is 19.1 Å². The number of aromatic nitrogens is 4. The summed E-state index contributed by atoms with van der Waals surface area (Å²) < 4.78 is 2.04. The molecule has 0 radical (unpaired) electrons. The van der Waals surface area contributed by atoms with Crippen LogP contribution in [-0.2, 0) is 17.8 Å². The van der Waals surface area contributed by atoms with Crippen LogP contribution in [0.2, 0.25) is 0 Å². The van der Waals surface area contributed by atoms with E-state index in [0.717, 1.165) is 81.3 Å². The van der Waals surface area contributed by atoms with Crippen molar-refractivity contribution in [1.82, 2.24) is 29.3 Å². The van der Waals surface area contributed by atoms with Gasteiger partial charge >= 0.3 is 0 Å². The summed E-state index contributed by atoms with van der Waals surface area (Å²) in [6.45, 7) is 5.68. The predicted octanol–water partition coefficient (Wildman–Crippen LogP) is 3.80. The number of rotatable bonds is 6. The standard InChI is InChI=1S/C26H32N6O/c1-2-24-28-14-18-32(24)25-10-5-8-22(29-25)23-9-6-15-31(23)26(33)20-11-16-30(17-12-20)19-21-7-3-4-13-27-21/h3-5,7-8,10,13-14,18,20,23H,2,6,9,11-12,15-17,19H2,1H3. The fourth-order valence-electron chi connectivity index (χ4n) is 5.20. The summed E-state index contributed by atoms with van der Waals surface area (Å²) in [5.74, 6) is 2.29. The van der Waals surface area contributed by atoms with E-state index in [9.17, 15) is 4.79 Å². The quantitative estimate of drug-likeness (QED) is 0.579. The van der Waals surface area contributed by atoms with Crippen LogP contribution in [0.1, 0.15) is 55.9 Å². The van der Waals surface area contributed by atoms with Crippen molar-refractivity contribution in [2.75, 3.05) is 19.6 Å². The fourth-order valence-corrected chi connectivity index (χ4v) is 5.20. The number of hydrogen-bond acceptors (Lipinski definition) is 5. The van der Waals surface area contributed by atoms with E-state index in [1.165, 1.54) is 0 Å². The number of carbonyl (C=O) groups excluding carboxylic acids is 1. The van der Waals surface area contributed by atoms with Gasteiger partial charge in [-0.2, -0.15) is 0 Å². The molecule has 0 aliphatic carbocycles. The average Bonchev–Trinajstić information content (AvgIpc) is 3.55. The highest BCUT2D eigenvalue weighted by atomic mass is 16.2. The zero-order chi connectivity index (χ0) is 22.6. The molecule has 1 amide bonds. The summed E-state index contributed by atoms with van der Waals surface area (Å²) in [5, 5.41) is 0. The van der Waals surface area contributed by atoms with E-state index < -0.39 is 0 Å². The summed E-state index contributed by atoms with van der Waals surface area (Å²) >= 11 is 0. The molecule has 1 atom stereocenters. The smallest absolute Gasteiger partial charge is 0.226 e. The van der Waals surface area contributed by atoms with Crippen LogP contribution < -0.4 is 0 Å². The van der Waals surface area contributed by atoms with Gasteiger partial charge in [0, 0.05) is 44.0 Å². The highest BCUT2D eigenvalue weighted by Gasteiger charge is 2.36. The summed E-state index contributed by atoms with van der Waals surface area (Å²) in [4.78, 5) is 31.8. The van der Waals surface area contributed by atoms with Gasteiger partial charge in [0.2, 0.25) is 5.91 Å². The van der Waals surface area contributed by atoms with Gasteiger partial charge in [-0.3, -0.25) is 19.2 Å². The molecule has 0 aromatic carbocycles. The summed E-state index contributed by atoms with van der Waals surface area (Å²) in [6, 6.07) is 12.3.